The molecule has 0 aliphatic carbocycles. The highest BCUT2D eigenvalue weighted by molar-refractivity contribution is 6.62. The SMILES string of the molecule is [C-]#[N+]c1cc(B2OC(C)(C)C(C)(C)O2)ccc1O. The topological polar surface area (TPSA) is 43.0 Å². The first-order valence-corrected chi connectivity index (χ1v) is 5.83. The third-order valence-corrected chi connectivity index (χ3v) is 3.65. The summed E-state index contributed by atoms with van der Waals surface area (Å²) in [6.45, 7) is 14.9. The van der Waals surface area contributed by atoms with Gasteiger partial charge in [0.15, 0.2) is 0 Å². The Bertz CT molecular complexity index is 503. The smallest absolute Gasteiger partial charge is 0.493 e. The zero-order valence-corrected chi connectivity index (χ0v) is 11.0. The molecule has 0 spiro atoms. The van der Waals surface area contributed by atoms with Crippen LogP contribution in [0.4, 0.5) is 5.69 Å². The molecule has 1 aliphatic rings. The highest BCUT2D eigenvalue weighted by Gasteiger charge is 2.51. The molecule has 0 amide bonds. The van der Waals surface area contributed by atoms with Crippen LogP contribution in [0, 0.1) is 6.57 Å². The summed E-state index contributed by atoms with van der Waals surface area (Å²) < 4.78 is 11.8. The van der Waals surface area contributed by atoms with Crippen LogP contribution in [0.25, 0.3) is 4.85 Å². The van der Waals surface area contributed by atoms with E-state index in [9.17, 15) is 5.11 Å². The number of phenolic OH excluding ortho intramolecular Hbond substituents is 1. The number of nitrogens with zero attached hydrogens (tertiary/aromatic N) is 1. The molecule has 0 unspecified atom stereocenters. The maximum Gasteiger partial charge on any atom is 0.493 e. The second kappa shape index (κ2) is 4.01. The van der Waals surface area contributed by atoms with E-state index >= 15 is 0 Å². The van der Waals surface area contributed by atoms with Crippen molar-refractivity contribution in [2.75, 3.05) is 0 Å². The molecule has 94 valence electrons. The van der Waals surface area contributed by atoms with Crippen molar-refractivity contribution in [2.45, 2.75) is 38.9 Å². The Balaban J connectivity index is 2.33. The van der Waals surface area contributed by atoms with E-state index in [0.717, 1.165) is 5.46 Å². The van der Waals surface area contributed by atoms with Crippen molar-refractivity contribution < 1.29 is 14.4 Å². The Morgan fingerprint density at radius 2 is 1.72 bits per heavy atom. The van der Waals surface area contributed by atoms with Gasteiger partial charge in [-0.25, -0.2) is 4.85 Å². The maximum absolute atomic E-state index is 9.49. The first-order valence-electron chi connectivity index (χ1n) is 5.83. The molecule has 1 aromatic rings. The Hall–Kier alpha value is -1.51. The molecule has 1 fully saturated rings. The molecule has 0 saturated carbocycles. The monoisotopic (exact) mass is 245 g/mol. The average Bonchev–Trinajstić information content (AvgIpc) is 2.49. The van der Waals surface area contributed by atoms with Crippen LogP contribution in [0.1, 0.15) is 27.7 Å². The molecule has 0 bridgehead atoms. The fourth-order valence-electron chi connectivity index (χ4n) is 1.76. The average molecular weight is 245 g/mol. The van der Waals surface area contributed by atoms with Crippen LogP contribution < -0.4 is 5.46 Å². The normalized spacial score (nSPS) is 20.7. The predicted octanol–water partition coefficient (Wildman–Crippen LogP) is 2.24. The van der Waals surface area contributed by atoms with Gasteiger partial charge in [-0.3, -0.25) is 0 Å². The van der Waals surface area contributed by atoms with Crippen molar-refractivity contribution in [3.63, 3.8) is 0 Å². The summed E-state index contributed by atoms with van der Waals surface area (Å²) in [5, 5.41) is 9.49. The van der Waals surface area contributed by atoms with E-state index in [1.807, 2.05) is 27.7 Å². The second-order valence-corrected chi connectivity index (χ2v) is 5.45. The van der Waals surface area contributed by atoms with E-state index < -0.39 is 18.3 Å². The Labute approximate surface area is 107 Å². The zero-order valence-electron chi connectivity index (χ0n) is 11.0. The lowest BCUT2D eigenvalue weighted by atomic mass is 9.79. The molecule has 1 aromatic carbocycles. The van der Waals surface area contributed by atoms with Gasteiger partial charge in [-0.1, -0.05) is 12.1 Å². The van der Waals surface area contributed by atoms with Crippen LogP contribution in [-0.4, -0.2) is 23.4 Å². The molecule has 1 saturated heterocycles. The molecule has 0 radical (unpaired) electrons. The number of rotatable bonds is 1. The molecule has 1 N–H and O–H groups in total. The zero-order chi connectivity index (χ0) is 13.6. The Morgan fingerprint density at radius 1 is 1.17 bits per heavy atom. The lowest BCUT2D eigenvalue weighted by Gasteiger charge is -2.32. The molecule has 1 aliphatic heterocycles. The van der Waals surface area contributed by atoms with E-state index in [1.54, 1.807) is 12.1 Å². The van der Waals surface area contributed by atoms with Gasteiger partial charge in [0.2, 0.25) is 5.69 Å². The highest BCUT2D eigenvalue weighted by Crippen LogP contribution is 2.37. The summed E-state index contributed by atoms with van der Waals surface area (Å²) in [7, 11) is -0.504. The van der Waals surface area contributed by atoms with Gasteiger partial charge in [0.05, 0.1) is 17.8 Å². The molecule has 5 heteroatoms. The summed E-state index contributed by atoms with van der Waals surface area (Å²) in [4.78, 5) is 3.26. The van der Waals surface area contributed by atoms with Crippen LogP contribution >= 0.6 is 0 Å². The molecule has 0 aromatic heterocycles. The molecule has 4 nitrogen and oxygen atoms in total. The van der Waals surface area contributed by atoms with Gasteiger partial charge < -0.3 is 14.4 Å². The molecular weight excluding hydrogens is 229 g/mol. The summed E-state index contributed by atoms with van der Waals surface area (Å²) in [5.74, 6) is -0.0229. The van der Waals surface area contributed by atoms with E-state index in [4.69, 9.17) is 15.9 Å². The van der Waals surface area contributed by atoms with Crippen LogP contribution in [0.5, 0.6) is 5.75 Å². The number of benzene rings is 1. The van der Waals surface area contributed by atoms with E-state index in [1.165, 1.54) is 6.07 Å². The van der Waals surface area contributed by atoms with Gasteiger partial charge in [0, 0.05) is 0 Å². The van der Waals surface area contributed by atoms with Crippen LogP contribution in [0.3, 0.4) is 0 Å². The van der Waals surface area contributed by atoms with E-state index in [-0.39, 0.29) is 11.4 Å². The van der Waals surface area contributed by atoms with Gasteiger partial charge in [-0.2, -0.15) is 0 Å². The van der Waals surface area contributed by atoms with Gasteiger partial charge in [-0.15, -0.1) is 0 Å². The van der Waals surface area contributed by atoms with Gasteiger partial charge in [-0.05, 0) is 39.2 Å². The fraction of sp³-hybridized carbons (Fsp3) is 0.462. The van der Waals surface area contributed by atoms with Crippen molar-refractivity contribution in [3.05, 3.63) is 29.6 Å². The fourth-order valence-corrected chi connectivity index (χ4v) is 1.76. The van der Waals surface area contributed by atoms with E-state index in [2.05, 4.69) is 4.85 Å². The van der Waals surface area contributed by atoms with Gasteiger partial charge in [0.25, 0.3) is 0 Å². The Kier molecular flexibility index (Phi) is 2.88. The summed E-state index contributed by atoms with van der Waals surface area (Å²) in [5.41, 5.74) is 0.140. The largest absolute Gasteiger partial charge is 0.519 e. The molecule has 18 heavy (non-hydrogen) atoms. The maximum atomic E-state index is 9.49. The minimum absolute atomic E-state index is 0.0229. The van der Waals surface area contributed by atoms with Crippen LogP contribution in [0.2, 0.25) is 0 Å². The van der Waals surface area contributed by atoms with Crippen molar-refractivity contribution in [3.8, 4) is 5.75 Å². The van der Waals surface area contributed by atoms with Gasteiger partial charge in [0.1, 0.15) is 5.75 Å². The third kappa shape index (κ3) is 1.98. The van der Waals surface area contributed by atoms with Crippen molar-refractivity contribution in [2.24, 2.45) is 0 Å². The van der Waals surface area contributed by atoms with Crippen molar-refractivity contribution in [1.29, 1.82) is 0 Å². The lowest BCUT2D eigenvalue weighted by Crippen LogP contribution is -2.41. The number of aromatic hydroxyl groups is 1. The second-order valence-electron chi connectivity index (χ2n) is 5.45. The highest BCUT2D eigenvalue weighted by atomic mass is 16.7. The molecule has 2 rings (SSSR count). The summed E-state index contributed by atoms with van der Waals surface area (Å²) >= 11 is 0. The first kappa shape index (κ1) is 12.9. The number of hydrogen-bond donors (Lipinski definition) is 1. The number of phenols is 1. The standard InChI is InChI=1S/C13H16BNO3/c1-12(2)13(3,4)18-14(17-12)9-6-7-11(16)10(8-9)15-5/h6-8,16H,1-4H3. The van der Waals surface area contributed by atoms with E-state index in [0.29, 0.717) is 0 Å². The lowest BCUT2D eigenvalue weighted by molar-refractivity contribution is 0.00578. The number of hydrogen-bond acceptors (Lipinski definition) is 3. The minimum atomic E-state index is -0.504. The first-order chi connectivity index (χ1) is 8.27. The minimum Gasteiger partial charge on any atom is -0.519 e. The summed E-state index contributed by atoms with van der Waals surface area (Å²) in [6.07, 6.45) is 0. The van der Waals surface area contributed by atoms with Crippen LogP contribution in [0.15, 0.2) is 18.2 Å². The molecule has 0 atom stereocenters. The van der Waals surface area contributed by atoms with Crippen molar-refractivity contribution in [1.82, 2.24) is 0 Å². The third-order valence-electron chi connectivity index (χ3n) is 3.65. The molecular formula is C13H16BNO3. The molecule has 1 heterocycles. The predicted molar refractivity (Wildman–Crippen MR) is 70.1 cm³/mol. The quantitative estimate of drug-likeness (QED) is 0.609. The van der Waals surface area contributed by atoms with Crippen LogP contribution in [-0.2, 0) is 9.31 Å². The summed E-state index contributed by atoms with van der Waals surface area (Å²) in [6, 6.07) is 4.81. The van der Waals surface area contributed by atoms with Crippen molar-refractivity contribution >= 4 is 18.3 Å². The Morgan fingerprint density at radius 3 is 2.22 bits per heavy atom. The van der Waals surface area contributed by atoms with Gasteiger partial charge >= 0.3 is 7.12 Å².